The predicted octanol–water partition coefficient (Wildman–Crippen LogP) is 13.1. The Morgan fingerprint density at radius 2 is 0.875 bits per heavy atom. The Hall–Kier alpha value is -1.31. The van der Waals surface area contributed by atoms with E-state index in [-0.39, 0.29) is 11.9 Å². The van der Waals surface area contributed by atoms with Crippen LogP contribution < -0.4 is 0 Å². The smallest absolute Gasteiger partial charge is 0.322 e. The maximum Gasteiger partial charge on any atom is 0.322 e. The van der Waals surface area contributed by atoms with Crippen molar-refractivity contribution in [2.24, 2.45) is 5.92 Å². The molecule has 1 aliphatic heterocycles. The van der Waals surface area contributed by atoms with Crippen LogP contribution >= 0.6 is 0 Å². The van der Waals surface area contributed by atoms with Gasteiger partial charge in [-0.15, -0.1) is 0 Å². The summed E-state index contributed by atoms with van der Waals surface area (Å²) in [6.45, 7) is 4.57. The molecule has 0 aromatic heterocycles. The fraction of sp³-hybridized carbons (Fsp3) is 0.816. The van der Waals surface area contributed by atoms with Gasteiger partial charge in [0.1, 0.15) is 11.7 Å². The van der Waals surface area contributed by atoms with Crippen molar-refractivity contribution in [2.75, 3.05) is 0 Å². The third kappa shape index (κ3) is 22.4. The molecule has 0 aromatic rings. The van der Waals surface area contributed by atoms with E-state index < -0.39 is 0 Å². The molecule has 1 heterocycles. The highest BCUT2D eigenvalue weighted by molar-refractivity contribution is 5.83. The van der Waals surface area contributed by atoms with E-state index in [1.165, 1.54) is 161 Å². The molecule has 0 saturated carbocycles. The van der Waals surface area contributed by atoms with Crippen molar-refractivity contribution in [1.29, 1.82) is 0 Å². The highest BCUT2D eigenvalue weighted by Gasteiger charge is 2.35. The van der Waals surface area contributed by atoms with Crippen LogP contribution in [-0.2, 0) is 9.53 Å². The molecule has 2 nitrogen and oxygen atoms in total. The number of ether oxygens (including phenoxy) is 1. The summed E-state index contributed by atoms with van der Waals surface area (Å²) in [5, 5.41) is 0. The van der Waals surface area contributed by atoms with Gasteiger partial charge >= 0.3 is 5.97 Å². The van der Waals surface area contributed by atoms with Crippen LogP contribution in [0.5, 0.6) is 0 Å². The molecule has 0 aromatic carbocycles. The quantitative estimate of drug-likeness (QED) is 0.0499. The van der Waals surface area contributed by atoms with E-state index in [1.807, 2.05) is 0 Å². The van der Waals surface area contributed by atoms with Gasteiger partial charge in [0.25, 0.3) is 0 Å². The fourth-order valence-corrected chi connectivity index (χ4v) is 5.67. The molecule has 0 bridgehead atoms. The molecule has 1 aliphatic rings. The van der Waals surface area contributed by atoms with Crippen molar-refractivity contribution in [3.8, 4) is 0 Å². The first-order valence-electron chi connectivity index (χ1n) is 18.0. The maximum absolute atomic E-state index is 11.9. The van der Waals surface area contributed by atoms with Gasteiger partial charge in [0.15, 0.2) is 0 Å². The van der Waals surface area contributed by atoms with Crippen LogP contribution in [0.25, 0.3) is 0 Å². The minimum atomic E-state index is -0.0539. The second-order valence-corrected chi connectivity index (χ2v) is 12.3. The van der Waals surface area contributed by atoms with Crippen molar-refractivity contribution in [2.45, 2.75) is 194 Å². The highest BCUT2D eigenvalue weighted by atomic mass is 16.6. The lowest BCUT2D eigenvalue weighted by molar-refractivity contribution is -0.156. The van der Waals surface area contributed by atoms with Crippen LogP contribution in [0.1, 0.15) is 194 Å². The highest BCUT2D eigenvalue weighted by Crippen LogP contribution is 2.30. The Kier molecular flexibility index (Phi) is 26.8. The first-order chi connectivity index (χ1) is 19.8. The van der Waals surface area contributed by atoms with Crippen LogP contribution in [0.15, 0.2) is 36.1 Å². The number of carbonyl (C=O) groups excluding carboxylic acids is 1. The van der Waals surface area contributed by atoms with Crippen LogP contribution in [0.3, 0.4) is 0 Å². The molecule has 1 saturated heterocycles. The third-order valence-corrected chi connectivity index (χ3v) is 8.46. The van der Waals surface area contributed by atoms with Crippen LogP contribution in [0.2, 0.25) is 0 Å². The molecule has 0 radical (unpaired) electrons. The number of unbranched alkanes of at least 4 members (excludes halogenated alkanes) is 24. The van der Waals surface area contributed by atoms with Crippen molar-refractivity contribution in [1.82, 2.24) is 0 Å². The lowest BCUT2D eigenvalue weighted by atomic mass is 9.96. The molecule has 1 fully saturated rings. The Morgan fingerprint density at radius 3 is 1.27 bits per heavy atom. The maximum atomic E-state index is 11.9. The van der Waals surface area contributed by atoms with Crippen molar-refractivity contribution in [3.05, 3.63) is 36.1 Å². The first kappa shape index (κ1) is 36.7. The fourth-order valence-electron chi connectivity index (χ4n) is 5.67. The van der Waals surface area contributed by atoms with Gasteiger partial charge in [-0.25, -0.2) is 0 Å². The summed E-state index contributed by atoms with van der Waals surface area (Å²) < 4.78 is 5.31. The largest absolute Gasteiger partial charge is 0.430 e. The molecule has 232 valence electrons. The SMILES string of the molecule is CCCCCCCCCCCCCC/C=C/C/C=C1/OC(=O)C1C/C=C/CCCCCCCCCCCCCC. The molecule has 0 spiro atoms. The third-order valence-electron chi connectivity index (χ3n) is 8.46. The number of allylic oxidation sites excluding steroid dienone is 5. The van der Waals surface area contributed by atoms with Crippen LogP contribution in [-0.4, -0.2) is 5.97 Å². The molecule has 1 atom stereocenters. The zero-order chi connectivity index (χ0) is 28.8. The van der Waals surface area contributed by atoms with Gasteiger partial charge in [0.2, 0.25) is 0 Å². The van der Waals surface area contributed by atoms with Crippen LogP contribution in [0, 0.1) is 5.92 Å². The van der Waals surface area contributed by atoms with E-state index >= 15 is 0 Å². The number of hydrogen-bond donors (Lipinski definition) is 0. The van der Waals surface area contributed by atoms with Gasteiger partial charge in [0.05, 0.1) is 0 Å². The zero-order valence-corrected chi connectivity index (χ0v) is 27.1. The Bertz CT molecular complexity index is 644. The molecule has 0 N–H and O–H groups in total. The predicted molar refractivity (Wildman–Crippen MR) is 177 cm³/mol. The topological polar surface area (TPSA) is 26.3 Å². The van der Waals surface area contributed by atoms with E-state index in [0.29, 0.717) is 0 Å². The summed E-state index contributed by atoms with van der Waals surface area (Å²) in [7, 11) is 0. The van der Waals surface area contributed by atoms with Gasteiger partial charge in [-0.1, -0.05) is 179 Å². The molecule has 40 heavy (non-hydrogen) atoms. The summed E-state index contributed by atoms with van der Waals surface area (Å²) in [6, 6.07) is 0. The number of esters is 1. The molecular weight excluding hydrogens is 488 g/mol. The minimum Gasteiger partial charge on any atom is -0.430 e. The number of cyclic esters (lactones) is 1. The average molecular weight is 557 g/mol. The van der Waals surface area contributed by atoms with Gasteiger partial charge in [-0.3, -0.25) is 4.79 Å². The second kappa shape index (κ2) is 29.2. The Labute approximate surface area is 250 Å². The number of carbonyl (C=O) groups is 1. The van der Waals surface area contributed by atoms with E-state index in [0.717, 1.165) is 25.0 Å². The van der Waals surface area contributed by atoms with Gasteiger partial charge < -0.3 is 4.74 Å². The lowest BCUT2D eigenvalue weighted by Gasteiger charge is -2.26. The van der Waals surface area contributed by atoms with Gasteiger partial charge in [-0.05, 0) is 44.6 Å². The normalized spacial score (nSPS) is 16.4. The molecule has 0 aliphatic carbocycles. The molecule has 0 amide bonds. The molecule has 2 heteroatoms. The lowest BCUT2D eigenvalue weighted by Crippen LogP contribution is -2.31. The van der Waals surface area contributed by atoms with Crippen LogP contribution in [0.4, 0.5) is 0 Å². The summed E-state index contributed by atoms with van der Waals surface area (Å²) in [6.07, 6.45) is 48.6. The zero-order valence-electron chi connectivity index (χ0n) is 27.1. The second-order valence-electron chi connectivity index (χ2n) is 12.3. The Morgan fingerprint density at radius 1 is 0.500 bits per heavy atom. The van der Waals surface area contributed by atoms with E-state index in [2.05, 4.69) is 44.2 Å². The van der Waals surface area contributed by atoms with Crippen molar-refractivity contribution in [3.63, 3.8) is 0 Å². The number of hydrogen-bond acceptors (Lipinski definition) is 2. The van der Waals surface area contributed by atoms with E-state index in [1.54, 1.807) is 0 Å². The van der Waals surface area contributed by atoms with Crippen molar-refractivity contribution >= 4 is 5.97 Å². The Balaban J connectivity index is 1.91. The summed E-state index contributed by atoms with van der Waals surface area (Å²) >= 11 is 0. The summed E-state index contributed by atoms with van der Waals surface area (Å²) in [5.41, 5.74) is 0. The van der Waals surface area contributed by atoms with E-state index in [4.69, 9.17) is 4.74 Å². The van der Waals surface area contributed by atoms with Crippen molar-refractivity contribution < 1.29 is 9.53 Å². The summed E-state index contributed by atoms with van der Waals surface area (Å²) in [4.78, 5) is 11.9. The standard InChI is InChI=1S/C38H68O2/c1-3-5-7-9-11-13-15-17-19-21-23-25-27-29-31-33-35-37-36(38(39)40-37)34-32-30-28-26-24-22-20-18-16-14-12-10-8-6-4-2/h29-32,35-36H,3-28,33-34H2,1-2H3/b31-29+,32-30+,37-35+. The molecular formula is C38H68O2. The minimum absolute atomic E-state index is 0.0389. The summed E-state index contributed by atoms with van der Waals surface area (Å²) in [5.74, 6) is 0.791. The average Bonchev–Trinajstić information content (AvgIpc) is 2.96. The monoisotopic (exact) mass is 557 g/mol. The number of rotatable bonds is 30. The van der Waals surface area contributed by atoms with E-state index in [9.17, 15) is 4.79 Å². The molecule has 1 rings (SSSR count). The van der Waals surface area contributed by atoms with Gasteiger partial charge in [0, 0.05) is 0 Å². The first-order valence-corrected chi connectivity index (χ1v) is 18.0. The van der Waals surface area contributed by atoms with Gasteiger partial charge in [-0.2, -0.15) is 0 Å². The molecule has 1 unspecified atom stereocenters.